The molecule has 1 saturated heterocycles. The molecule has 1 aliphatic heterocycles. The zero-order valence-electron chi connectivity index (χ0n) is 16.0. The number of carbonyl (C=O) groups is 2. The molecule has 0 atom stereocenters. The number of nitrogens with one attached hydrogen (secondary N) is 1. The van der Waals surface area contributed by atoms with Crippen LogP contribution in [0.2, 0.25) is 0 Å². The van der Waals surface area contributed by atoms with Gasteiger partial charge < -0.3 is 15.0 Å². The van der Waals surface area contributed by atoms with Crippen molar-refractivity contribution in [1.29, 1.82) is 0 Å². The maximum atomic E-state index is 12.8. The van der Waals surface area contributed by atoms with Gasteiger partial charge in [0.2, 0.25) is 0 Å². The van der Waals surface area contributed by atoms with Crippen LogP contribution in [0.4, 0.5) is 5.69 Å². The molecule has 6 nitrogen and oxygen atoms in total. The lowest BCUT2D eigenvalue weighted by Gasteiger charge is -2.27. The van der Waals surface area contributed by atoms with Gasteiger partial charge in [-0.3, -0.25) is 9.59 Å². The predicted molar refractivity (Wildman–Crippen MR) is 107 cm³/mol. The number of aryl methyl sites for hydroxylation is 2. The van der Waals surface area contributed by atoms with Crippen molar-refractivity contribution in [2.45, 2.75) is 33.6 Å². The van der Waals surface area contributed by atoms with Gasteiger partial charge in [0.15, 0.2) is 0 Å². The van der Waals surface area contributed by atoms with Gasteiger partial charge >= 0.3 is 0 Å². The zero-order chi connectivity index (χ0) is 19.4. The number of morpholine rings is 1. The molecule has 0 spiro atoms. The second-order valence-electron chi connectivity index (χ2n) is 6.61. The summed E-state index contributed by atoms with van der Waals surface area (Å²) in [5.74, 6) is -0.197. The minimum Gasteiger partial charge on any atom is -0.378 e. The van der Waals surface area contributed by atoms with Gasteiger partial charge in [-0.05, 0) is 44.4 Å². The Labute approximate surface area is 163 Å². The van der Waals surface area contributed by atoms with E-state index >= 15 is 0 Å². The first-order valence-electron chi connectivity index (χ1n) is 9.25. The van der Waals surface area contributed by atoms with Crippen LogP contribution in [0.15, 0.2) is 18.2 Å². The molecule has 27 heavy (non-hydrogen) atoms. The standard InChI is InChI=1S/C20H25N3O3S/c1-4-6-17-21-14(3)18(27-17)19(24)22-16-8-5-7-15(13(16)2)20(25)23-9-11-26-12-10-23/h5,7-8H,4,6,9-12H2,1-3H3,(H,22,24). The highest BCUT2D eigenvalue weighted by atomic mass is 32.1. The predicted octanol–water partition coefficient (Wildman–Crippen LogP) is 3.44. The Morgan fingerprint density at radius 1 is 1.26 bits per heavy atom. The second kappa shape index (κ2) is 8.63. The number of carbonyl (C=O) groups excluding carboxylic acids is 2. The summed E-state index contributed by atoms with van der Waals surface area (Å²) in [6.07, 6.45) is 1.88. The topological polar surface area (TPSA) is 71.5 Å². The van der Waals surface area contributed by atoms with Crippen molar-refractivity contribution in [3.8, 4) is 0 Å². The number of ether oxygens (including phenoxy) is 1. The molecule has 3 rings (SSSR count). The van der Waals surface area contributed by atoms with Gasteiger partial charge in [-0.2, -0.15) is 0 Å². The molecule has 2 aromatic rings. The Hall–Kier alpha value is -2.25. The molecular weight excluding hydrogens is 362 g/mol. The number of thiazole rings is 1. The Balaban J connectivity index is 1.79. The molecule has 0 saturated carbocycles. The fraction of sp³-hybridized carbons (Fsp3) is 0.450. The van der Waals surface area contributed by atoms with Crippen LogP contribution in [0.1, 0.15) is 49.6 Å². The third-order valence-electron chi connectivity index (χ3n) is 4.62. The molecule has 0 unspecified atom stereocenters. The van der Waals surface area contributed by atoms with Gasteiger partial charge in [0.05, 0.1) is 23.9 Å². The molecule has 1 aromatic heterocycles. The van der Waals surface area contributed by atoms with Crippen LogP contribution < -0.4 is 5.32 Å². The number of nitrogens with zero attached hydrogens (tertiary/aromatic N) is 2. The van der Waals surface area contributed by atoms with Crippen molar-refractivity contribution in [2.24, 2.45) is 0 Å². The summed E-state index contributed by atoms with van der Waals surface area (Å²) in [6.45, 7) is 8.13. The monoisotopic (exact) mass is 387 g/mol. The summed E-state index contributed by atoms with van der Waals surface area (Å²) in [5, 5.41) is 3.94. The molecule has 2 amide bonds. The first kappa shape index (κ1) is 19.5. The Morgan fingerprint density at radius 3 is 2.70 bits per heavy atom. The average Bonchev–Trinajstić information content (AvgIpc) is 3.04. The van der Waals surface area contributed by atoms with E-state index in [1.807, 2.05) is 19.9 Å². The normalized spacial score (nSPS) is 14.3. The fourth-order valence-corrected chi connectivity index (χ4v) is 4.16. The van der Waals surface area contributed by atoms with Gasteiger partial charge in [0.25, 0.3) is 11.8 Å². The maximum Gasteiger partial charge on any atom is 0.267 e. The van der Waals surface area contributed by atoms with Crippen molar-refractivity contribution in [3.63, 3.8) is 0 Å². The van der Waals surface area contributed by atoms with Crippen LogP contribution in [0.3, 0.4) is 0 Å². The molecule has 1 aromatic carbocycles. The van der Waals surface area contributed by atoms with Crippen LogP contribution in [-0.2, 0) is 11.2 Å². The molecule has 1 fully saturated rings. The van der Waals surface area contributed by atoms with Crippen molar-refractivity contribution < 1.29 is 14.3 Å². The van der Waals surface area contributed by atoms with E-state index in [9.17, 15) is 9.59 Å². The van der Waals surface area contributed by atoms with E-state index in [0.29, 0.717) is 42.4 Å². The number of amides is 2. The van der Waals surface area contributed by atoms with E-state index in [-0.39, 0.29) is 11.8 Å². The molecule has 1 N–H and O–H groups in total. The van der Waals surface area contributed by atoms with E-state index in [1.54, 1.807) is 17.0 Å². The lowest BCUT2D eigenvalue weighted by molar-refractivity contribution is 0.0302. The van der Waals surface area contributed by atoms with Gasteiger partial charge in [-0.1, -0.05) is 13.0 Å². The van der Waals surface area contributed by atoms with Crippen molar-refractivity contribution in [1.82, 2.24) is 9.88 Å². The smallest absolute Gasteiger partial charge is 0.267 e. The summed E-state index contributed by atoms with van der Waals surface area (Å²) in [6, 6.07) is 5.44. The molecule has 0 radical (unpaired) electrons. The number of hydrogen-bond donors (Lipinski definition) is 1. The van der Waals surface area contributed by atoms with Crippen molar-refractivity contribution >= 4 is 28.8 Å². The quantitative estimate of drug-likeness (QED) is 0.853. The van der Waals surface area contributed by atoms with Gasteiger partial charge in [-0.25, -0.2) is 4.98 Å². The van der Waals surface area contributed by atoms with Gasteiger partial charge in [0.1, 0.15) is 4.88 Å². The summed E-state index contributed by atoms with van der Waals surface area (Å²) in [5.41, 5.74) is 2.80. The van der Waals surface area contributed by atoms with E-state index in [1.165, 1.54) is 11.3 Å². The minimum atomic E-state index is -0.175. The largest absolute Gasteiger partial charge is 0.378 e. The second-order valence-corrected chi connectivity index (χ2v) is 7.69. The third kappa shape index (κ3) is 4.36. The van der Waals surface area contributed by atoms with Crippen molar-refractivity contribution in [2.75, 3.05) is 31.6 Å². The third-order valence-corrected chi connectivity index (χ3v) is 5.84. The maximum absolute atomic E-state index is 12.8. The SMILES string of the molecule is CCCc1nc(C)c(C(=O)Nc2cccc(C(=O)N3CCOCC3)c2C)s1. The fourth-order valence-electron chi connectivity index (χ4n) is 3.10. The summed E-state index contributed by atoms with van der Waals surface area (Å²) >= 11 is 1.44. The first-order chi connectivity index (χ1) is 13.0. The highest BCUT2D eigenvalue weighted by molar-refractivity contribution is 7.13. The van der Waals surface area contributed by atoms with Crippen LogP contribution in [0, 0.1) is 13.8 Å². The molecule has 144 valence electrons. The first-order valence-corrected chi connectivity index (χ1v) is 10.1. The van der Waals surface area contributed by atoms with E-state index < -0.39 is 0 Å². The van der Waals surface area contributed by atoms with Crippen LogP contribution in [0.25, 0.3) is 0 Å². The number of hydrogen-bond acceptors (Lipinski definition) is 5. The molecule has 0 bridgehead atoms. The number of anilines is 1. The van der Waals surface area contributed by atoms with Crippen molar-refractivity contribution in [3.05, 3.63) is 44.9 Å². The van der Waals surface area contributed by atoms with Gasteiger partial charge in [0, 0.05) is 24.3 Å². The van der Waals surface area contributed by atoms with E-state index in [2.05, 4.69) is 17.2 Å². The Morgan fingerprint density at radius 2 is 2.00 bits per heavy atom. The minimum absolute atomic E-state index is 0.0221. The highest BCUT2D eigenvalue weighted by Crippen LogP contribution is 2.24. The number of benzene rings is 1. The molecule has 2 heterocycles. The lowest BCUT2D eigenvalue weighted by atomic mass is 10.0. The summed E-state index contributed by atoms with van der Waals surface area (Å²) in [4.78, 5) is 32.4. The molecule has 1 aliphatic rings. The average molecular weight is 388 g/mol. The molecule has 7 heteroatoms. The Kier molecular flexibility index (Phi) is 6.23. The summed E-state index contributed by atoms with van der Waals surface area (Å²) in [7, 11) is 0. The lowest BCUT2D eigenvalue weighted by Crippen LogP contribution is -2.41. The Bertz CT molecular complexity index is 841. The van der Waals surface area contributed by atoms with E-state index in [0.717, 1.165) is 29.1 Å². The van der Waals surface area contributed by atoms with Crippen LogP contribution >= 0.6 is 11.3 Å². The number of aromatic nitrogens is 1. The number of rotatable bonds is 5. The zero-order valence-corrected chi connectivity index (χ0v) is 16.8. The van der Waals surface area contributed by atoms with Gasteiger partial charge in [-0.15, -0.1) is 11.3 Å². The van der Waals surface area contributed by atoms with Crippen LogP contribution in [0.5, 0.6) is 0 Å². The molecular formula is C20H25N3O3S. The highest BCUT2D eigenvalue weighted by Gasteiger charge is 2.22. The van der Waals surface area contributed by atoms with Crippen LogP contribution in [-0.4, -0.2) is 48.0 Å². The van der Waals surface area contributed by atoms with E-state index in [4.69, 9.17) is 4.74 Å². The summed E-state index contributed by atoms with van der Waals surface area (Å²) < 4.78 is 5.32. The molecule has 0 aliphatic carbocycles.